The first kappa shape index (κ1) is 25.6. The van der Waals surface area contributed by atoms with Crippen molar-refractivity contribution in [3.63, 3.8) is 0 Å². The smallest absolute Gasteiger partial charge is 0.176 e. The summed E-state index contributed by atoms with van der Waals surface area (Å²) in [5.74, 6) is 1.10. The van der Waals surface area contributed by atoms with E-state index in [9.17, 15) is 9.90 Å². The minimum Gasteiger partial charge on any atom is -0.380 e. The lowest BCUT2D eigenvalue weighted by Crippen LogP contribution is -2.41. The molecule has 0 aliphatic heterocycles. The molecule has 1 radical (unpaired) electrons. The summed E-state index contributed by atoms with van der Waals surface area (Å²) >= 11 is 0. The summed E-state index contributed by atoms with van der Waals surface area (Å²) < 4.78 is 0. The number of Topliss-reactive ketones (excluding diaryl/α,β-unsaturated/α-hetero) is 1. The van der Waals surface area contributed by atoms with Crippen molar-refractivity contribution >= 4 is 5.78 Å². The summed E-state index contributed by atoms with van der Waals surface area (Å²) in [6.45, 7) is 21.4. The average Bonchev–Trinajstić information content (AvgIpc) is 2.71. The van der Waals surface area contributed by atoms with Gasteiger partial charge in [0.05, 0.1) is 5.41 Å². The molecule has 0 saturated carbocycles. The van der Waals surface area contributed by atoms with Crippen LogP contribution in [0.2, 0.25) is 0 Å². The molecule has 0 saturated heterocycles. The molecule has 0 aromatic heterocycles. The lowest BCUT2D eigenvalue weighted by Gasteiger charge is -2.39. The van der Waals surface area contributed by atoms with E-state index in [1.165, 1.54) is 5.56 Å². The van der Waals surface area contributed by atoms with Crippen LogP contribution in [0.25, 0.3) is 0 Å². The van der Waals surface area contributed by atoms with Gasteiger partial charge in [-0.1, -0.05) is 105 Å². The second-order valence-corrected chi connectivity index (χ2v) is 10.8. The normalized spacial score (nSPS) is 20.3. The molecule has 1 N–H and O–H groups in total. The monoisotopic (exact) mass is 423 g/mol. The molecule has 31 heavy (non-hydrogen) atoms. The first-order valence-corrected chi connectivity index (χ1v) is 12.0. The van der Waals surface area contributed by atoms with E-state index in [0.29, 0.717) is 11.8 Å². The fraction of sp³-hybridized carbons (Fsp3) is 0.586. The highest BCUT2D eigenvalue weighted by atomic mass is 16.3. The highest BCUT2D eigenvalue weighted by molar-refractivity contribution is 5.94. The number of carbonyl (C=O) groups excluding carboxylic acids is 1. The predicted molar refractivity (Wildman–Crippen MR) is 132 cm³/mol. The van der Waals surface area contributed by atoms with Crippen LogP contribution in [0.15, 0.2) is 35.9 Å². The molecule has 2 unspecified atom stereocenters. The Morgan fingerprint density at radius 3 is 1.71 bits per heavy atom. The van der Waals surface area contributed by atoms with Gasteiger partial charge < -0.3 is 5.11 Å². The molecule has 171 valence electrons. The summed E-state index contributed by atoms with van der Waals surface area (Å²) in [7, 11) is 0. The van der Waals surface area contributed by atoms with Crippen molar-refractivity contribution in [3.05, 3.63) is 64.6 Å². The minimum atomic E-state index is -1.15. The molecule has 1 aliphatic carbocycles. The first-order valence-electron chi connectivity index (χ1n) is 12.0. The molecule has 0 fully saturated rings. The Kier molecular flexibility index (Phi) is 8.14. The molecule has 1 aliphatic rings. The van der Waals surface area contributed by atoms with Crippen molar-refractivity contribution < 1.29 is 9.90 Å². The van der Waals surface area contributed by atoms with Crippen LogP contribution in [0.3, 0.4) is 0 Å². The average molecular weight is 424 g/mol. The molecule has 1 aromatic rings. The van der Waals surface area contributed by atoms with Crippen LogP contribution in [-0.2, 0) is 4.79 Å². The van der Waals surface area contributed by atoms with Gasteiger partial charge in [-0.05, 0) is 51.8 Å². The van der Waals surface area contributed by atoms with Crippen LogP contribution < -0.4 is 0 Å². The maximum atomic E-state index is 14.0. The molecule has 0 bridgehead atoms. The largest absolute Gasteiger partial charge is 0.380 e. The van der Waals surface area contributed by atoms with E-state index in [4.69, 9.17) is 0 Å². The van der Waals surface area contributed by atoms with E-state index in [1.807, 2.05) is 12.2 Å². The maximum absolute atomic E-state index is 14.0. The van der Waals surface area contributed by atoms with Crippen molar-refractivity contribution in [1.82, 2.24) is 0 Å². The molecule has 1 aromatic carbocycles. The zero-order chi connectivity index (χ0) is 23.7. The zero-order valence-electron chi connectivity index (χ0n) is 21.3. The van der Waals surface area contributed by atoms with Gasteiger partial charge in [0.25, 0.3) is 0 Å². The number of benzene rings is 1. The van der Waals surface area contributed by atoms with Gasteiger partial charge in [0.2, 0.25) is 0 Å². The number of aliphatic hydroxyl groups is 1. The highest BCUT2D eigenvalue weighted by Gasteiger charge is 2.45. The van der Waals surface area contributed by atoms with Gasteiger partial charge >= 0.3 is 0 Å². The fourth-order valence-corrected chi connectivity index (χ4v) is 4.54. The molecule has 2 heteroatoms. The van der Waals surface area contributed by atoms with Gasteiger partial charge in [0, 0.05) is 6.42 Å². The van der Waals surface area contributed by atoms with E-state index in [0.717, 1.165) is 22.3 Å². The minimum absolute atomic E-state index is 0.0493. The number of ketones is 1. The van der Waals surface area contributed by atoms with Gasteiger partial charge in [-0.2, -0.15) is 0 Å². The van der Waals surface area contributed by atoms with E-state index >= 15 is 0 Å². The Morgan fingerprint density at radius 2 is 1.32 bits per heavy atom. The van der Waals surface area contributed by atoms with Crippen molar-refractivity contribution in [3.8, 4) is 0 Å². The van der Waals surface area contributed by atoms with Crippen molar-refractivity contribution in [2.45, 2.75) is 93.1 Å². The highest BCUT2D eigenvalue weighted by Crippen LogP contribution is 2.46. The third-order valence-corrected chi connectivity index (χ3v) is 6.81. The van der Waals surface area contributed by atoms with Crippen LogP contribution in [0.5, 0.6) is 0 Å². The summed E-state index contributed by atoms with van der Waals surface area (Å²) in [5, 5.41) is 11.6. The summed E-state index contributed by atoms with van der Waals surface area (Å²) in [6.07, 6.45) is 7.02. The van der Waals surface area contributed by atoms with Crippen molar-refractivity contribution in [2.24, 2.45) is 17.3 Å². The van der Waals surface area contributed by atoms with Crippen LogP contribution in [0, 0.1) is 23.7 Å². The van der Waals surface area contributed by atoms with Crippen LogP contribution in [-0.4, -0.2) is 10.9 Å². The van der Waals surface area contributed by atoms with Gasteiger partial charge in [-0.25, -0.2) is 0 Å². The van der Waals surface area contributed by atoms with Gasteiger partial charge in [-0.15, -0.1) is 0 Å². The van der Waals surface area contributed by atoms with Gasteiger partial charge in [-0.3, -0.25) is 4.79 Å². The molecular formula is C29H43O2. The lowest BCUT2D eigenvalue weighted by molar-refractivity contribution is -0.135. The van der Waals surface area contributed by atoms with E-state index in [2.05, 4.69) is 93.9 Å². The number of rotatable bonds is 8. The Morgan fingerprint density at radius 1 is 0.806 bits per heavy atom. The predicted octanol–water partition coefficient (Wildman–Crippen LogP) is 7.66. The Bertz CT molecular complexity index is 822. The topological polar surface area (TPSA) is 37.3 Å². The molecule has 0 heterocycles. The van der Waals surface area contributed by atoms with E-state index < -0.39 is 11.5 Å². The first-order chi connectivity index (χ1) is 14.3. The number of carbonyl (C=O) groups is 1. The second kappa shape index (κ2) is 9.86. The number of hydrogen-bond acceptors (Lipinski definition) is 2. The zero-order valence-corrected chi connectivity index (χ0v) is 21.3. The summed E-state index contributed by atoms with van der Waals surface area (Å²) in [6, 6.07) is 4.41. The summed E-state index contributed by atoms with van der Waals surface area (Å²) in [5.41, 5.74) is 4.63. The van der Waals surface area contributed by atoms with Gasteiger partial charge in [0.15, 0.2) is 5.78 Å². The number of allylic oxidation sites excluding steroid dienone is 4. The molecule has 2 atom stereocenters. The van der Waals surface area contributed by atoms with E-state index in [1.54, 1.807) is 0 Å². The van der Waals surface area contributed by atoms with Crippen molar-refractivity contribution in [1.29, 1.82) is 0 Å². The Hall–Kier alpha value is -1.67. The Balaban J connectivity index is 2.66. The molecular weight excluding hydrogens is 380 g/mol. The SMILES string of the molecule is CC(C)C1=CC=CC(C(=O)C(O)c2c(C(C)C)cc(C(C)C)cc2C(C)C)(C(C)C)[CH]1. The van der Waals surface area contributed by atoms with Crippen LogP contribution in [0.4, 0.5) is 0 Å². The summed E-state index contributed by atoms with van der Waals surface area (Å²) in [4.78, 5) is 14.0. The third-order valence-electron chi connectivity index (χ3n) is 6.81. The quantitative estimate of drug-likeness (QED) is 0.466. The number of hydrogen-bond donors (Lipinski definition) is 1. The van der Waals surface area contributed by atoms with Gasteiger partial charge in [0.1, 0.15) is 6.10 Å². The molecule has 0 amide bonds. The maximum Gasteiger partial charge on any atom is 0.176 e. The molecule has 2 rings (SSSR count). The number of aliphatic hydroxyl groups excluding tert-OH is 1. The Labute approximate surface area is 190 Å². The van der Waals surface area contributed by atoms with Crippen LogP contribution >= 0.6 is 0 Å². The molecule has 0 spiro atoms. The lowest BCUT2D eigenvalue weighted by atomic mass is 9.64. The third kappa shape index (κ3) is 5.06. The van der Waals surface area contributed by atoms with Crippen molar-refractivity contribution in [2.75, 3.05) is 0 Å². The second-order valence-electron chi connectivity index (χ2n) is 10.8. The fourth-order valence-electron chi connectivity index (χ4n) is 4.54. The standard InChI is InChI=1S/C29H43O2/c1-17(2)22-12-11-13-29(16-22,21(9)10)28(31)27(30)26-24(19(5)6)14-23(18(3)4)15-25(26)20(7)8/h11-21,27,30H,1-10H3. The van der Waals surface area contributed by atoms with Crippen LogP contribution in [0.1, 0.15) is 115 Å². The molecule has 2 nitrogen and oxygen atoms in total. The van der Waals surface area contributed by atoms with E-state index in [-0.39, 0.29) is 23.5 Å².